The van der Waals surface area contributed by atoms with Crippen LogP contribution in [-0.4, -0.2) is 28.7 Å². The maximum atomic E-state index is 5.59. The van der Waals surface area contributed by atoms with Gasteiger partial charge in [0.2, 0.25) is 0 Å². The predicted molar refractivity (Wildman–Crippen MR) is 79.0 cm³/mol. The molecule has 0 aliphatic carbocycles. The van der Waals surface area contributed by atoms with Crippen LogP contribution in [-0.2, 0) is 13.0 Å². The summed E-state index contributed by atoms with van der Waals surface area (Å²) in [7, 11) is 2.11. The summed E-state index contributed by atoms with van der Waals surface area (Å²) < 4.78 is 0. The highest BCUT2D eigenvalue weighted by atomic mass is 15.2. The lowest BCUT2D eigenvalue weighted by molar-refractivity contribution is 0.327. The van der Waals surface area contributed by atoms with Gasteiger partial charge in [-0.05, 0) is 44.0 Å². The number of anilines is 1. The van der Waals surface area contributed by atoms with Crippen LogP contribution in [0.4, 0.5) is 5.82 Å². The number of aromatic amines is 1. The molecule has 0 unspecified atom stereocenters. The Hall–Kier alpha value is -1.81. The van der Waals surface area contributed by atoms with E-state index in [1.165, 1.54) is 16.7 Å². The monoisotopic (exact) mass is 258 g/mol. The summed E-state index contributed by atoms with van der Waals surface area (Å²) in [6.45, 7) is 6.17. The fourth-order valence-corrected chi connectivity index (χ4v) is 2.11. The van der Waals surface area contributed by atoms with Crippen LogP contribution in [0.25, 0.3) is 0 Å². The molecular weight excluding hydrogens is 236 g/mol. The number of benzene rings is 1. The van der Waals surface area contributed by atoms with Crippen molar-refractivity contribution in [2.75, 3.05) is 19.3 Å². The molecule has 0 fully saturated rings. The van der Waals surface area contributed by atoms with E-state index in [1.54, 1.807) is 0 Å². The van der Waals surface area contributed by atoms with Crippen molar-refractivity contribution in [3.8, 4) is 0 Å². The van der Waals surface area contributed by atoms with Gasteiger partial charge in [-0.3, -0.25) is 5.10 Å². The van der Waals surface area contributed by atoms with Gasteiger partial charge in [-0.2, -0.15) is 5.10 Å². The Kier molecular flexibility index (Phi) is 4.22. The van der Waals surface area contributed by atoms with Crippen LogP contribution < -0.4 is 5.73 Å². The summed E-state index contributed by atoms with van der Waals surface area (Å²) in [5.74, 6) is 0.553. The lowest BCUT2D eigenvalue weighted by atomic mass is 10.0. The highest BCUT2D eigenvalue weighted by Crippen LogP contribution is 2.11. The fraction of sp³-hybridized carbons (Fsp3) is 0.400. The van der Waals surface area contributed by atoms with Gasteiger partial charge in [-0.15, -0.1) is 0 Å². The van der Waals surface area contributed by atoms with Crippen molar-refractivity contribution in [3.05, 3.63) is 46.6 Å². The maximum Gasteiger partial charge on any atom is 0.145 e. The number of likely N-dealkylation sites (N-methyl/N-ethyl adjacent to an activating group) is 1. The number of aromatic nitrogens is 2. The van der Waals surface area contributed by atoms with Crippen molar-refractivity contribution in [1.29, 1.82) is 0 Å². The van der Waals surface area contributed by atoms with E-state index in [2.05, 4.69) is 54.2 Å². The average Bonchev–Trinajstić information content (AvgIpc) is 2.76. The van der Waals surface area contributed by atoms with Crippen molar-refractivity contribution in [2.45, 2.75) is 26.8 Å². The topological polar surface area (TPSA) is 57.9 Å². The molecule has 1 heterocycles. The quantitative estimate of drug-likeness (QED) is 0.865. The first-order valence-corrected chi connectivity index (χ1v) is 6.59. The van der Waals surface area contributed by atoms with Gasteiger partial charge in [-0.1, -0.05) is 18.2 Å². The second-order valence-electron chi connectivity index (χ2n) is 5.22. The van der Waals surface area contributed by atoms with E-state index in [1.807, 2.05) is 6.07 Å². The number of H-pyrrole nitrogens is 1. The number of nitrogens with two attached hydrogens (primary N) is 1. The van der Waals surface area contributed by atoms with E-state index in [0.29, 0.717) is 5.82 Å². The molecular formula is C15H22N4. The molecule has 0 saturated heterocycles. The first-order chi connectivity index (χ1) is 9.04. The zero-order valence-electron chi connectivity index (χ0n) is 11.9. The van der Waals surface area contributed by atoms with Gasteiger partial charge in [0.15, 0.2) is 0 Å². The molecule has 1 aromatic heterocycles. The second kappa shape index (κ2) is 5.89. The van der Waals surface area contributed by atoms with E-state index in [9.17, 15) is 0 Å². The molecule has 3 N–H and O–H groups in total. The predicted octanol–water partition coefficient (Wildman–Crippen LogP) is 2.28. The third-order valence-electron chi connectivity index (χ3n) is 3.44. The molecule has 4 nitrogen and oxygen atoms in total. The molecule has 0 amide bonds. The van der Waals surface area contributed by atoms with Crippen LogP contribution in [0.5, 0.6) is 0 Å². The Morgan fingerprint density at radius 1 is 1.21 bits per heavy atom. The molecule has 0 aliphatic rings. The van der Waals surface area contributed by atoms with Gasteiger partial charge >= 0.3 is 0 Å². The lowest BCUT2D eigenvalue weighted by Gasteiger charge is -2.15. The van der Waals surface area contributed by atoms with Crippen LogP contribution in [0, 0.1) is 13.8 Å². The molecule has 0 aliphatic heterocycles. The Morgan fingerprint density at radius 3 is 2.63 bits per heavy atom. The minimum atomic E-state index is 0.553. The number of hydrogen-bond acceptors (Lipinski definition) is 3. The molecule has 102 valence electrons. The van der Waals surface area contributed by atoms with E-state index in [-0.39, 0.29) is 0 Å². The van der Waals surface area contributed by atoms with Crippen LogP contribution in [0.1, 0.15) is 22.4 Å². The van der Waals surface area contributed by atoms with Crippen molar-refractivity contribution >= 4 is 5.82 Å². The van der Waals surface area contributed by atoms with E-state index in [0.717, 1.165) is 25.2 Å². The first kappa shape index (κ1) is 13.6. The second-order valence-corrected chi connectivity index (χ2v) is 5.22. The van der Waals surface area contributed by atoms with Crippen LogP contribution in [0.2, 0.25) is 0 Å². The van der Waals surface area contributed by atoms with Crippen LogP contribution in [0.3, 0.4) is 0 Å². The highest BCUT2D eigenvalue weighted by molar-refractivity contribution is 5.30. The molecule has 19 heavy (non-hydrogen) atoms. The number of aryl methyl sites for hydroxylation is 2. The molecule has 2 rings (SSSR count). The van der Waals surface area contributed by atoms with E-state index in [4.69, 9.17) is 5.73 Å². The van der Waals surface area contributed by atoms with E-state index >= 15 is 0 Å². The van der Waals surface area contributed by atoms with Gasteiger partial charge in [0.05, 0.1) is 5.69 Å². The van der Waals surface area contributed by atoms with Crippen LogP contribution >= 0.6 is 0 Å². The summed E-state index contributed by atoms with van der Waals surface area (Å²) in [6.07, 6.45) is 1.06. The summed E-state index contributed by atoms with van der Waals surface area (Å²) in [5, 5.41) is 6.87. The number of rotatable bonds is 5. The van der Waals surface area contributed by atoms with E-state index < -0.39 is 0 Å². The van der Waals surface area contributed by atoms with Gasteiger partial charge in [0.25, 0.3) is 0 Å². The lowest BCUT2D eigenvalue weighted by Crippen LogP contribution is -2.21. The van der Waals surface area contributed by atoms with Crippen molar-refractivity contribution in [1.82, 2.24) is 15.1 Å². The van der Waals surface area contributed by atoms with Crippen molar-refractivity contribution in [3.63, 3.8) is 0 Å². The minimum absolute atomic E-state index is 0.553. The van der Waals surface area contributed by atoms with Crippen molar-refractivity contribution < 1.29 is 0 Å². The standard InChI is InChI=1S/C15H22N4/c1-11-4-5-13(8-12(11)2)6-7-19(3)10-14-9-15(16)18-17-14/h4-5,8-9H,6-7,10H2,1-3H3,(H3,16,17,18). The molecule has 0 spiro atoms. The molecule has 2 aromatic rings. The molecule has 0 atom stereocenters. The van der Waals surface area contributed by atoms with Gasteiger partial charge in [0, 0.05) is 19.2 Å². The van der Waals surface area contributed by atoms with Crippen molar-refractivity contribution in [2.24, 2.45) is 0 Å². The Labute approximate surface area is 114 Å². The highest BCUT2D eigenvalue weighted by Gasteiger charge is 2.04. The van der Waals surface area contributed by atoms with Gasteiger partial charge < -0.3 is 10.6 Å². The zero-order chi connectivity index (χ0) is 13.8. The summed E-state index contributed by atoms with van der Waals surface area (Å²) in [5.41, 5.74) is 10.7. The molecule has 0 radical (unpaired) electrons. The third kappa shape index (κ3) is 3.83. The number of nitrogens with zero attached hydrogens (tertiary/aromatic N) is 2. The minimum Gasteiger partial charge on any atom is -0.382 e. The average molecular weight is 258 g/mol. The zero-order valence-corrected chi connectivity index (χ0v) is 11.9. The smallest absolute Gasteiger partial charge is 0.145 e. The molecule has 0 saturated carbocycles. The van der Waals surface area contributed by atoms with Gasteiger partial charge in [-0.25, -0.2) is 0 Å². The summed E-state index contributed by atoms with van der Waals surface area (Å²) in [4.78, 5) is 2.27. The Morgan fingerprint density at radius 2 is 2.00 bits per heavy atom. The maximum absolute atomic E-state index is 5.59. The molecule has 0 bridgehead atoms. The number of nitrogen functional groups attached to an aromatic ring is 1. The normalized spacial score (nSPS) is 11.2. The summed E-state index contributed by atoms with van der Waals surface area (Å²) >= 11 is 0. The third-order valence-corrected chi connectivity index (χ3v) is 3.44. The Balaban J connectivity index is 1.86. The number of nitrogens with one attached hydrogen (secondary N) is 1. The van der Waals surface area contributed by atoms with Gasteiger partial charge in [0.1, 0.15) is 5.82 Å². The fourth-order valence-electron chi connectivity index (χ4n) is 2.11. The number of hydrogen-bond donors (Lipinski definition) is 2. The molecule has 1 aromatic carbocycles. The first-order valence-electron chi connectivity index (χ1n) is 6.59. The Bertz CT molecular complexity index is 545. The SMILES string of the molecule is Cc1ccc(CCN(C)Cc2cc(N)n[nH]2)cc1C. The summed E-state index contributed by atoms with van der Waals surface area (Å²) in [6, 6.07) is 8.56. The van der Waals surface area contributed by atoms with Crippen LogP contribution in [0.15, 0.2) is 24.3 Å². The molecule has 4 heteroatoms. The largest absolute Gasteiger partial charge is 0.382 e.